The van der Waals surface area contributed by atoms with E-state index in [0.29, 0.717) is 34.0 Å². The van der Waals surface area contributed by atoms with Crippen LogP contribution in [0.25, 0.3) is 10.2 Å². The van der Waals surface area contributed by atoms with E-state index in [9.17, 15) is 17.6 Å². The Kier molecular flexibility index (Phi) is 6.87. The number of benzene rings is 2. The molecule has 0 bridgehead atoms. The fourth-order valence-corrected chi connectivity index (χ4v) is 7.12. The van der Waals surface area contributed by atoms with Crippen LogP contribution in [0.1, 0.15) is 36.5 Å². The van der Waals surface area contributed by atoms with E-state index in [1.165, 1.54) is 52.6 Å². The van der Waals surface area contributed by atoms with Gasteiger partial charge in [-0.2, -0.15) is 9.40 Å². The molecule has 188 valence electrons. The van der Waals surface area contributed by atoms with Crippen molar-refractivity contribution in [1.29, 1.82) is 0 Å². The summed E-state index contributed by atoms with van der Waals surface area (Å²) in [5.41, 5.74) is 0.942. The lowest BCUT2D eigenvalue weighted by atomic mass is 10.1. The van der Waals surface area contributed by atoms with Gasteiger partial charge in [0.15, 0.2) is 5.13 Å². The number of piperidine rings is 1. The number of halogens is 1. The molecule has 11 heteroatoms. The smallest absolute Gasteiger partial charge is 0.260 e. The number of carbonyl (C=O) groups excluding carboxylic acids is 1. The molecule has 1 aliphatic rings. The van der Waals surface area contributed by atoms with Crippen LogP contribution in [0.4, 0.5) is 9.52 Å². The summed E-state index contributed by atoms with van der Waals surface area (Å²) in [6, 6.07) is 12.1. The number of aromatic nitrogens is 3. The lowest BCUT2D eigenvalue weighted by molar-refractivity contribution is 0.0985. The summed E-state index contributed by atoms with van der Waals surface area (Å²) in [5.74, 6) is -0.691. The molecule has 1 atom stereocenters. The van der Waals surface area contributed by atoms with Crippen LogP contribution in [0.2, 0.25) is 0 Å². The molecule has 0 aliphatic carbocycles. The van der Waals surface area contributed by atoms with Crippen molar-refractivity contribution < 1.29 is 17.6 Å². The Morgan fingerprint density at radius 1 is 1.19 bits per heavy atom. The first-order valence-electron chi connectivity index (χ1n) is 11.8. The lowest BCUT2D eigenvalue weighted by Crippen LogP contribution is -2.41. The van der Waals surface area contributed by atoms with Crippen LogP contribution in [0.3, 0.4) is 0 Å². The number of hydrogen-bond donors (Lipinski definition) is 0. The van der Waals surface area contributed by atoms with E-state index in [2.05, 4.69) is 10.1 Å². The summed E-state index contributed by atoms with van der Waals surface area (Å²) in [4.78, 5) is 19.8. The number of nitrogens with zero attached hydrogens (tertiary/aromatic N) is 5. The first kappa shape index (κ1) is 24.5. The van der Waals surface area contributed by atoms with Crippen molar-refractivity contribution >= 4 is 42.6 Å². The third-order valence-corrected chi connectivity index (χ3v) is 9.45. The molecule has 1 unspecified atom stereocenters. The van der Waals surface area contributed by atoms with Gasteiger partial charge in [-0.05, 0) is 68.3 Å². The second-order valence-electron chi connectivity index (χ2n) is 8.82. The summed E-state index contributed by atoms with van der Waals surface area (Å²) in [5, 5.41) is 4.63. The Labute approximate surface area is 213 Å². The summed E-state index contributed by atoms with van der Waals surface area (Å²) in [6.45, 7) is 3.15. The molecule has 3 heterocycles. The predicted octanol–water partition coefficient (Wildman–Crippen LogP) is 4.54. The normalized spacial score (nSPS) is 16.9. The number of sulfonamides is 1. The molecule has 2 aromatic carbocycles. The summed E-state index contributed by atoms with van der Waals surface area (Å²) >= 11 is 1.23. The molecule has 4 aromatic rings. The molecule has 1 fully saturated rings. The van der Waals surface area contributed by atoms with E-state index in [-0.39, 0.29) is 29.2 Å². The second kappa shape index (κ2) is 10.1. The first-order chi connectivity index (χ1) is 17.3. The summed E-state index contributed by atoms with van der Waals surface area (Å²) < 4.78 is 44.0. The third kappa shape index (κ3) is 4.91. The molecular weight excluding hydrogens is 501 g/mol. The number of hydrogen-bond acceptors (Lipinski definition) is 6. The van der Waals surface area contributed by atoms with Gasteiger partial charge in [0.05, 0.1) is 21.7 Å². The minimum absolute atomic E-state index is 0.0493. The van der Waals surface area contributed by atoms with Crippen molar-refractivity contribution in [2.75, 3.05) is 18.0 Å². The van der Waals surface area contributed by atoms with E-state index >= 15 is 0 Å². The molecule has 0 saturated carbocycles. The van der Waals surface area contributed by atoms with Crippen molar-refractivity contribution in [2.24, 2.45) is 0 Å². The van der Waals surface area contributed by atoms with Crippen LogP contribution in [-0.4, -0.2) is 52.5 Å². The minimum Gasteiger partial charge on any atom is -0.282 e. The van der Waals surface area contributed by atoms with Gasteiger partial charge in [-0.25, -0.2) is 17.8 Å². The Balaban J connectivity index is 1.43. The van der Waals surface area contributed by atoms with Crippen LogP contribution < -0.4 is 4.90 Å². The Morgan fingerprint density at radius 3 is 2.72 bits per heavy atom. The highest BCUT2D eigenvalue weighted by Gasteiger charge is 2.31. The van der Waals surface area contributed by atoms with Crippen LogP contribution in [-0.2, 0) is 16.6 Å². The van der Waals surface area contributed by atoms with Crippen LogP contribution in [0.5, 0.6) is 0 Å². The highest BCUT2D eigenvalue weighted by Crippen LogP contribution is 2.31. The molecular formula is C25H26FN5O3S2. The maximum atomic E-state index is 13.7. The number of carbonyl (C=O) groups is 1. The summed E-state index contributed by atoms with van der Waals surface area (Å²) in [7, 11) is -3.64. The molecule has 36 heavy (non-hydrogen) atoms. The SMILES string of the molecule is CC1CCCCN1S(=O)(=O)c1ccc(C(=O)N(CCn2cccn2)c2nc3ccc(F)cc3s2)cc1. The molecule has 0 radical (unpaired) electrons. The van der Waals surface area contributed by atoms with Gasteiger partial charge in [0, 0.05) is 37.1 Å². The average Bonchev–Trinajstić information content (AvgIpc) is 3.54. The highest BCUT2D eigenvalue weighted by molar-refractivity contribution is 7.89. The fourth-order valence-electron chi connectivity index (χ4n) is 4.41. The van der Waals surface area contributed by atoms with Gasteiger partial charge >= 0.3 is 0 Å². The van der Waals surface area contributed by atoms with Gasteiger partial charge in [-0.15, -0.1) is 0 Å². The molecule has 2 aromatic heterocycles. The number of fused-ring (bicyclic) bond motifs is 1. The van der Waals surface area contributed by atoms with Gasteiger partial charge < -0.3 is 0 Å². The van der Waals surface area contributed by atoms with Gasteiger partial charge in [-0.3, -0.25) is 14.4 Å². The van der Waals surface area contributed by atoms with E-state index < -0.39 is 10.0 Å². The molecule has 8 nitrogen and oxygen atoms in total. The number of thiazole rings is 1. The van der Waals surface area contributed by atoms with E-state index in [4.69, 9.17) is 0 Å². The second-order valence-corrected chi connectivity index (χ2v) is 11.7. The predicted molar refractivity (Wildman–Crippen MR) is 137 cm³/mol. The third-order valence-electron chi connectivity index (χ3n) is 6.38. The molecule has 1 aliphatic heterocycles. The van der Waals surface area contributed by atoms with E-state index in [1.54, 1.807) is 33.5 Å². The van der Waals surface area contributed by atoms with Crippen molar-refractivity contribution in [3.63, 3.8) is 0 Å². The first-order valence-corrected chi connectivity index (χ1v) is 14.1. The quantitative estimate of drug-likeness (QED) is 0.352. The Bertz CT molecular complexity index is 1470. The maximum absolute atomic E-state index is 13.7. The molecule has 0 spiro atoms. The van der Waals surface area contributed by atoms with E-state index in [0.717, 1.165) is 19.3 Å². The van der Waals surface area contributed by atoms with E-state index in [1.807, 2.05) is 6.92 Å². The Hall–Kier alpha value is -3.15. The number of rotatable bonds is 7. The Morgan fingerprint density at radius 2 is 2.00 bits per heavy atom. The van der Waals surface area contributed by atoms with Gasteiger partial charge in [0.25, 0.3) is 5.91 Å². The highest BCUT2D eigenvalue weighted by atomic mass is 32.2. The zero-order valence-corrected chi connectivity index (χ0v) is 21.4. The standard InChI is InChI=1S/C25H26FN5O3S2/c1-18-5-2-3-14-31(18)36(33,34)21-9-6-19(7-10-21)24(32)30(16-15-29-13-4-12-27-29)25-28-22-11-8-20(26)17-23(22)35-25/h4,6-13,17-18H,2-3,5,14-16H2,1H3. The number of anilines is 1. The van der Waals surface area contributed by atoms with Crippen molar-refractivity contribution in [2.45, 2.75) is 43.7 Å². The lowest BCUT2D eigenvalue weighted by Gasteiger charge is -2.32. The van der Waals surface area contributed by atoms with Crippen LogP contribution in [0.15, 0.2) is 65.8 Å². The van der Waals surface area contributed by atoms with Gasteiger partial charge in [0.2, 0.25) is 10.0 Å². The maximum Gasteiger partial charge on any atom is 0.260 e. The average molecular weight is 528 g/mol. The number of amides is 1. The van der Waals surface area contributed by atoms with Crippen LogP contribution >= 0.6 is 11.3 Å². The van der Waals surface area contributed by atoms with Crippen LogP contribution in [0, 0.1) is 5.82 Å². The minimum atomic E-state index is -3.64. The topological polar surface area (TPSA) is 88.4 Å². The molecule has 5 rings (SSSR count). The monoisotopic (exact) mass is 527 g/mol. The largest absolute Gasteiger partial charge is 0.282 e. The fraction of sp³-hybridized carbons (Fsp3) is 0.320. The molecule has 1 amide bonds. The van der Waals surface area contributed by atoms with Crippen molar-refractivity contribution in [3.05, 3.63) is 72.3 Å². The summed E-state index contributed by atoms with van der Waals surface area (Å²) in [6.07, 6.45) is 6.17. The van der Waals surface area contributed by atoms with Crippen molar-refractivity contribution in [3.8, 4) is 0 Å². The molecule has 0 N–H and O–H groups in total. The van der Waals surface area contributed by atoms with Crippen molar-refractivity contribution in [1.82, 2.24) is 19.1 Å². The molecule has 1 saturated heterocycles. The van der Waals surface area contributed by atoms with Gasteiger partial charge in [0.1, 0.15) is 5.82 Å². The van der Waals surface area contributed by atoms with Gasteiger partial charge in [-0.1, -0.05) is 17.8 Å². The zero-order valence-electron chi connectivity index (χ0n) is 19.7. The zero-order chi connectivity index (χ0) is 25.3.